The molecule has 0 amide bonds. The molecule has 0 fully saturated rings. The lowest BCUT2D eigenvalue weighted by atomic mass is 10.1. The Hall–Kier alpha value is -4.52. The molecule has 0 aliphatic rings. The number of benzene rings is 1. The summed E-state index contributed by atoms with van der Waals surface area (Å²) in [6.07, 6.45) is 13.9. The van der Waals surface area contributed by atoms with Gasteiger partial charge >= 0.3 is 5.97 Å². The number of hydrogen-bond donors (Lipinski definition) is 2. The van der Waals surface area contributed by atoms with Gasteiger partial charge in [-0.2, -0.15) is 5.10 Å². The van der Waals surface area contributed by atoms with Crippen molar-refractivity contribution < 1.29 is 19.0 Å². The summed E-state index contributed by atoms with van der Waals surface area (Å²) in [7, 11) is 0. The van der Waals surface area contributed by atoms with Gasteiger partial charge in [-0.1, -0.05) is 43.5 Å². The number of aromatic nitrogens is 2. The third-order valence-corrected chi connectivity index (χ3v) is 4.88. The van der Waals surface area contributed by atoms with E-state index in [1.165, 1.54) is 42.0 Å². The second-order valence-electron chi connectivity index (χ2n) is 7.75. The zero-order chi connectivity index (χ0) is 26.7. The molecule has 6 nitrogen and oxygen atoms in total. The van der Waals surface area contributed by atoms with E-state index >= 15 is 0 Å². The van der Waals surface area contributed by atoms with Gasteiger partial charge in [0.15, 0.2) is 5.69 Å². The number of aryl methyl sites for hydroxylation is 1. The molecular weight excluding hydrogens is 457 g/mol. The Kier molecular flexibility index (Phi) is 10.3. The number of halogens is 1. The molecule has 0 saturated heterocycles. The maximum absolute atomic E-state index is 13.2. The zero-order valence-corrected chi connectivity index (χ0v) is 20.7. The Balaban J connectivity index is 2.48. The molecule has 0 spiro atoms. The third kappa shape index (κ3) is 8.06. The van der Waals surface area contributed by atoms with Gasteiger partial charge in [0.2, 0.25) is 0 Å². The Labute approximate surface area is 210 Å². The van der Waals surface area contributed by atoms with Crippen LogP contribution in [0.2, 0.25) is 0 Å². The molecule has 0 aliphatic heterocycles. The highest BCUT2D eigenvalue weighted by atomic mass is 19.1. The molecular formula is C29H30FN3O3. The van der Waals surface area contributed by atoms with Crippen molar-refractivity contribution in [2.45, 2.75) is 27.2 Å². The minimum absolute atomic E-state index is 0.0518. The second kappa shape index (κ2) is 13.4. The zero-order valence-electron chi connectivity index (χ0n) is 20.7. The molecule has 1 aromatic heterocycles. The Morgan fingerprint density at radius 2 is 1.92 bits per heavy atom. The molecule has 0 bridgehead atoms. The van der Waals surface area contributed by atoms with Crippen molar-refractivity contribution in [3.05, 3.63) is 126 Å². The quantitative estimate of drug-likeness (QED) is 0.188. The second-order valence-corrected chi connectivity index (χ2v) is 7.75. The van der Waals surface area contributed by atoms with Crippen molar-refractivity contribution in [3.8, 4) is 5.75 Å². The normalized spacial score (nSPS) is 13.1. The van der Waals surface area contributed by atoms with Gasteiger partial charge < -0.3 is 15.3 Å². The maximum atomic E-state index is 13.2. The van der Waals surface area contributed by atoms with Crippen LogP contribution in [0.5, 0.6) is 5.75 Å². The van der Waals surface area contributed by atoms with E-state index in [9.17, 15) is 14.3 Å². The van der Waals surface area contributed by atoms with Crippen LogP contribution >= 0.6 is 0 Å². The predicted molar refractivity (Wildman–Crippen MR) is 143 cm³/mol. The number of hydrogen-bond acceptors (Lipinski definition) is 4. The number of nitrogens with zero attached hydrogens (tertiary/aromatic N) is 2. The van der Waals surface area contributed by atoms with E-state index in [0.29, 0.717) is 34.7 Å². The summed E-state index contributed by atoms with van der Waals surface area (Å²) in [6, 6.07) is 8.60. The third-order valence-electron chi connectivity index (χ3n) is 4.88. The molecule has 0 unspecified atom stereocenters. The van der Waals surface area contributed by atoms with Crippen LogP contribution in [0, 0.1) is 12.3 Å². The number of rotatable bonds is 12. The first-order chi connectivity index (χ1) is 17.2. The van der Waals surface area contributed by atoms with Crippen molar-refractivity contribution in [1.29, 1.82) is 5.41 Å². The van der Waals surface area contributed by atoms with Crippen molar-refractivity contribution >= 4 is 17.4 Å². The van der Waals surface area contributed by atoms with Gasteiger partial charge in [0, 0.05) is 11.3 Å². The molecule has 7 heteroatoms. The lowest BCUT2D eigenvalue weighted by Gasteiger charge is -2.13. The summed E-state index contributed by atoms with van der Waals surface area (Å²) >= 11 is 0. The highest BCUT2D eigenvalue weighted by Crippen LogP contribution is 2.24. The number of carboxylic acid groups (broad SMARTS) is 1. The smallest absolute Gasteiger partial charge is 0.356 e. The van der Waals surface area contributed by atoms with Gasteiger partial charge in [-0.3, -0.25) is 0 Å². The fourth-order valence-electron chi connectivity index (χ4n) is 3.11. The summed E-state index contributed by atoms with van der Waals surface area (Å²) in [5.41, 5.74) is 2.03. The van der Waals surface area contributed by atoms with E-state index < -0.39 is 11.8 Å². The summed E-state index contributed by atoms with van der Waals surface area (Å²) in [5, 5.41) is 22.1. The Bertz CT molecular complexity index is 1290. The first-order valence-electron chi connectivity index (χ1n) is 11.2. The molecule has 36 heavy (non-hydrogen) atoms. The minimum Gasteiger partial charge on any atom is -0.476 e. The highest BCUT2D eigenvalue weighted by molar-refractivity contribution is 6.11. The number of ether oxygens (including phenoxy) is 1. The van der Waals surface area contributed by atoms with Crippen LogP contribution in [0.25, 0.3) is 5.70 Å². The van der Waals surface area contributed by atoms with Crippen LogP contribution in [0.15, 0.2) is 109 Å². The largest absolute Gasteiger partial charge is 0.476 e. The standard InChI is InChI=1S/C29H30FN3O3/c1-6-8-9-10-11-22(5)36-25-16-14-24(15-17-25)28(33-21(4)18-27(32-33)29(34)35)19-26(31)23(7-2)13-12-20(3)30/h6-9,11-19,31H,1-2,10H2,3-5H3,(H,34,35)/b9-8-,20-12+,22-11+,23-13+,28-19-,31-26?. The maximum Gasteiger partial charge on any atom is 0.356 e. The van der Waals surface area contributed by atoms with E-state index in [1.807, 2.05) is 25.2 Å². The predicted octanol–water partition coefficient (Wildman–Crippen LogP) is 7.20. The van der Waals surface area contributed by atoms with E-state index in [-0.39, 0.29) is 11.4 Å². The first-order valence-corrected chi connectivity index (χ1v) is 11.2. The average molecular weight is 488 g/mol. The van der Waals surface area contributed by atoms with Crippen LogP contribution in [-0.2, 0) is 0 Å². The molecule has 0 radical (unpaired) electrons. The Morgan fingerprint density at radius 1 is 1.22 bits per heavy atom. The summed E-state index contributed by atoms with van der Waals surface area (Å²) in [4.78, 5) is 11.5. The summed E-state index contributed by atoms with van der Waals surface area (Å²) < 4.78 is 20.5. The van der Waals surface area contributed by atoms with Crippen LogP contribution in [-0.4, -0.2) is 26.6 Å². The van der Waals surface area contributed by atoms with Gasteiger partial charge in [-0.05, 0) is 81.3 Å². The SMILES string of the molecule is C=C/C=C\C/C=C(\C)Oc1ccc(/C(=C/C(=N)/C(C=C)=C/C=C(\C)F)n2nc(C(=O)O)cc2C)cc1. The van der Waals surface area contributed by atoms with Gasteiger partial charge in [0.1, 0.15) is 5.75 Å². The van der Waals surface area contributed by atoms with Gasteiger partial charge in [0.05, 0.1) is 23.0 Å². The monoisotopic (exact) mass is 487 g/mol. The number of carbonyl (C=O) groups is 1. The number of carboxylic acids is 1. The van der Waals surface area contributed by atoms with Gasteiger partial charge in [-0.25, -0.2) is 13.9 Å². The van der Waals surface area contributed by atoms with Crippen LogP contribution in [0.4, 0.5) is 4.39 Å². The minimum atomic E-state index is -1.16. The van der Waals surface area contributed by atoms with Crippen LogP contribution in [0.1, 0.15) is 42.0 Å². The molecule has 186 valence electrons. The topological polar surface area (TPSA) is 88.2 Å². The molecule has 1 aromatic carbocycles. The highest BCUT2D eigenvalue weighted by Gasteiger charge is 2.16. The molecule has 2 rings (SSSR count). The van der Waals surface area contributed by atoms with Crippen LogP contribution in [0.3, 0.4) is 0 Å². The molecule has 1 heterocycles. The van der Waals surface area contributed by atoms with Gasteiger partial charge in [-0.15, -0.1) is 0 Å². The number of aromatic carboxylic acids is 1. The van der Waals surface area contributed by atoms with Crippen molar-refractivity contribution in [3.63, 3.8) is 0 Å². The Morgan fingerprint density at radius 3 is 2.47 bits per heavy atom. The molecule has 0 atom stereocenters. The number of nitrogens with one attached hydrogen (secondary N) is 1. The lowest BCUT2D eigenvalue weighted by molar-refractivity contribution is 0.0690. The fraction of sp³-hybridized carbons (Fsp3) is 0.138. The number of allylic oxidation sites excluding steroid dienone is 11. The summed E-state index contributed by atoms with van der Waals surface area (Å²) in [5.74, 6) is -0.208. The van der Waals surface area contributed by atoms with E-state index in [4.69, 9.17) is 10.1 Å². The van der Waals surface area contributed by atoms with E-state index in [2.05, 4.69) is 18.3 Å². The van der Waals surface area contributed by atoms with E-state index in [1.54, 1.807) is 37.3 Å². The fourth-order valence-corrected chi connectivity index (χ4v) is 3.11. The molecule has 2 aromatic rings. The lowest BCUT2D eigenvalue weighted by Crippen LogP contribution is -2.08. The van der Waals surface area contributed by atoms with Crippen molar-refractivity contribution in [1.82, 2.24) is 9.78 Å². The van der Waals surface area contributed by atoms with Crippen molar-refractivity contribution in [2.75, 3.05) is 0 Å². The van der Waals surface area contributed by atoms with E-state index in [0.717, 1.165) is 5.76 Å². The molecule has 2 N–H and O–H groups in total. The van der Waals surface area contributed by atoms with Gasteiger partial charge in [0.25, 0.3) is 0 Å². The van der Waals surface area contributed by atoms with Crippen molar-refractivity contribution in [2.24, 2.45) is 0 Å². The van der Waals surface area contributed by atoms with Crippen LogP contribution < -0.4 is 4.74 Å². The molecule has 0 saturated carbocycles. The molecule has 0 aliphatic carbocycles. The first kappa shape index (κ1) is 27.7. The summed E-state index contributed by atoms with van der Waals surface area (Å²) in [6.45, 7) is 12.2. The average Bonchev–Trinajstić information content (AvgIpc) is 3.23.